The number of ether oxygens (including phenoxy) is 1. The first-order valence-electron chi connectivity index (χ1n) is 8.33. The zero-order valence-corrected chi connectivity index (χ0v) is 14.9. The van der Waals surface area contributed by atoms with Gasteiger partial charge in [-0.1, -0.05) is 63.6 Å². The molecule has 0 heterocycles. The van der Waals surface area contributed by atoms with E-state index in [0.717, 1.165) is 24.8 Å². The molecule has 136 valence electrons. The van der Waals surface area contributed by atoms with Crippen LogP contribution in [0.15, 0.2) is 24.3 Å². The van der Waals surface area contributed by atoms with Gasteiger partial charge in [0.2, 0.25) is 0 Å². The lowest BCUT2D eigenvalue weighted by molar-refractivity contribution is -0.136. The Labute approximate surface area is 144 Å². The summed E-state index contributed by atoms with van der Waals surface area (Å²) in [6.07, 6.45) is 9.15. The first-order chi connectivity index (χ1) is 11.4. The Kier molecular flexibility index (Phi) is 9.59. The maximum absolute atomic E-state index is 11.6. The third kappa shape index (κ3) is 9.64. The van der Waals surface area contributed by atoms with Crippen LogP contribution in [0.25, 0.3) is 0 Å². The molecule has 1 N–H and O–H groups in total. The summed E-state index contributed by atoms with van der Waals surface area (Å²) < 4.78 is 38.5. The van der Waals surface area contributed by atoms with E-state index < -0.39 is 23.0 Å². The predicted molar refractivity (Wildman–Crippen MR) is 91.3 cm³/mol. The molecule has 6 nitrogen and oxygen atoms in total. The summed E-state index contributed by atoms with van der Waals surface area (Å²) in [5, 5.41) is 0. The first kappa shape index (κ1) is 20.6. The molecule has 24 heavy (non-hydrogen) atoms. The van der Waals surface area contributed by atoms with Crippen LogP contribution in [0.5, 0.6) is 5.75 Å². The molecule has 0 fully saturated rings. The maximum Gasteiger partial charge on any atom is 0.397 e. The maximum atomic E-state index is 11.6. The molecule has 0 spiro atoms. The van der Waals surface area contributed by atoms with Crippen molar-refractivity contribution < 1.29 is 26.7 Å². The zero-order valence-electron chi connectivity index (χ0n) is 14.1. The molecule has 0 aliphatic heterocycles. The summed E-state index contributed by atoms with van der Waals surface area (Å²) in [6, 6.07) is 7.13. The highest BCUT2D eigenvalue weighted by atomic mass is 32.3. The van der Waals surface area contributed by atoms with Gasteiger partial charge in [0.05, 0.1) is 0 Å². The van der Waals surface area contributed by atoms with E-state index in [1.54, 1.807) is 12.1 Å². The Morgan fingerprint density at radius 2 is 1.67 bits per heavy atom. The Morgan fingerprint density at radius 3 is 2.33 bits per heavy atom. The lowest BCUT2D eigenvalue weighted by Crippen LogP contribution is -2.19. The van der Waals surface area contributed by atoms with E-state index >= 15 is 0 Å². The Bertz CT molecular complexity index is 597. The van der Waals surface area contributed by atoms with Crippen LogP contribution in [-0.2, 0) is 25.8 Å². The van der Waals surface area contributed by atoms with Gasteiger partial charge in [0.15, 0.2) is 6.61 Å². The molecule has 1 rings (SSSR count). The molecule has 0 aliphatic rings. The average Bonchev–Trinajstić information content (AvgIpc) is 2.53. The fraction of sp³-hybridized carbons (Fsp3) is 0.588. The van der Waals surface area contributed by atoms with E-state index in [1.165, 1.54) is 32.1 Å². The molecule has 1 aromatic carbocycles. The van der Waals surface area contributed by atoms with Gasteiger partial charge in [-0.15, -0.1) is 0 Å². The molecule has 0 aromatic heterocycles. The number of benzene rings is 1. The monoisotopic (exact) mass is 358 g/mol. The third-order valence-electron chi connectivity index (χ3n) is 3.57. The van der Waals surface area contributed by atoms with Crippen molar-refractivity contribution in [1.82, 2.24) is 0 Å². The zero-order chi connectivity index (χ0) is 17.8. The number of rotatable bonds is 12. The second kappa shape index (κ2) is 11.2. The van der Waals surface area contributed by atoms with Crippen LogP contribution >= 0.6 is 0 Å². The molecule has 1 aromatic rings. The largest absolute Gasteiger partial charge is 0.424 e. The summed E-state index contributed by atoms with van der Waals surface area (Å²) in [7, 11) is -4.65. The van der Waals surface area contributed by atoms with Crippen LogP contribution in [0.4, 0.5) is 0 Å². The molecule has 0 bridgehead atoms. The molecule has 0 saturated heterocycles. The smallest absolute Gasteiger partial charge is 0.397 e. The van der Waals surface area contributed by atoms with Crippen molar-refractivity contribution >= 4 is 16.4 Å². The van der Waals surface area contributed by atoms with Gasteiger partial charge in [-0.2, -0.15) is 8.42 Å². The van der Waals surface area contributed by atoms with E-state index in [2.05, 4.69) is 11.1 Å². The lowest BCUT2D eigenvalue weighted by atomic mass is 10.0. The number of hydrogen-bond acceptors (Lipinski definition) is 5. The molecule has 7 heteroatoms. The minimum absolute atomic E-state index is 0.396. The molecule has 0 amide bonds. The number of para-hydroxylation sites is 1. The molecular weight excluding hydrogens is 332 g/mol. The summed E-state index contributed by atoms with van der Waals surface area (Å²) >= 11 is 0. The van der Waals surface area contributed by atoms with Gasteiger partial charge in [-0.05, 0) is 24.5 Å². The lowest BCUT2D eigenvalue weighted by Gasteiger charge is -2.10. The van der Waals surface area contributed by atoms with E-state index in [1.807, 2.05) is 12.1 Å². The van der Waals surface area contributed by atoms with E-state index in [9.17, 15) is 13.2 Å². The van der Waals surface area contributed by atoms with Gasteiger partial charge < -0.3 is 4.74 Å². The minimum Gasteiger partial charge on any atom is -0.424 e. The number of carbonyl (C=O) groups excluding carboxylic acids is 1. The van der Waals surface area contributed by atoms with E-state index in [4.69, 9.17) is 9.29 Å². The number of carbonyl (C=O) groups is 1. The molecule has 0 radical (unpaired) electrons. The molecule has 0 aliphatic carbocycles. The summed E-state index contributed by atoms with van der Waals surface area (Å²) in [5.74, 6) is -0.480. The van der Waals surface area contributed by atoms with Gasteiger partial charge in [0.25, 0.3) is 0 Å². The number of aryl methyl sites for hydroxylation is 1. The number of esters is 1. The van der Waals surface area contributed by atoms with Crippen molar-refractivity contribution in [2.75, 3.05) is 6.61 Å². The van der Waals surface area contributed by atoms with Gasteiger partial charge in [0, 0.05) is 0 Å². The summed E-state index contributed by atoms with van der Waals surface area (Å²) in [4.78, 5) is 11.6. The van der Waals surface area contributed by atoms with Crippen LogP contribution in [0.2, 0.25) is 0 Å². The van der Waals surface area contributed by atoms with Crippen molar-refractivity contribution in [2.24, 2.45) is 0 Å². The second-order valence-corrected chi connectivity index (χ2v) is 6.73. The van der Waals surface area contributed by atoms with Gasteiger partial charge >= 0.3 is 16.4 Å². The van der Waals surface area contributed by atoms with Crippen molar-refractivity contribution in [3.05, 3.63) is 29.8 Å². The average molecular weight is 358 g/mol. The first-order valence-corrected chi connectivity index (χ1v) is 9.69. The highest BCUT2D eigenvalue weighted by molar-refractivity contribution is 7.80. The van der Waals surface area contributed by atoms with Crippen molar-refractivity contribution in [1.29, 1.82) is 0 Å². The molecule has 0 atom stereocenters. The SMILES string of the molecule is CCCCCCCCCc1ccccc1OC(=O)COS(=O)(=O)O. The summed E-state index contributed by atoms with van der Waals surface area (Å²) in [6.45, 7) is 1.34. The standard InChI is InChI=1S/C17H26O6S/c1-2-3-4-5-6-7-8-11-15-12-9-10-13-16(15)23-17(18)14-22-24(19,20)21/h9-10,12-13H,2-8,11,14H2,1H3,(H,19,20,21). The molecular formula is C17H26O6S. The Hall–Kier alpha value is -1.44. The molecule has 0 saturated carbocycles. The van der Waals surface area contributed by atoms with Crippen LogP contribution in [0.1, 0.15) is 57.4 Å². The van der Waals surface area contributed by atoms with Gasteiger partial charge in [-0.25, -0.2) is 8.98 Å². The van der Waals surface area contributed by atoms with Gasteiger partial charge in [0.1, 0.15) is 5.75 Å². The molecule has 0 unspecified atom stereocenters. The van der Waals surface area contributed by atoms with Crippen LogP contribution in [0.3, 0.4) is 0 Å². The Morgan fingerprint density at radius 1 is 1.04 bits per heavy atom. The minimum atomic E-state index is -4.65. The highest BCUT2D eigenvalue weighted by Crippen LogP contribution is 2.21. The van der Waals surface area contributed by atoms with Crippen molar-refractivity contribution in [3.63, 3.8) is 0 Å². The number of hydrogen-bond donors (Lipinski definition) is 1. The fourth-order valence-electron chi connectivity index (χ4n) is 2.36. The normalized spacial score (nSPS) is 11.4. The van der Waals surface area contributed by atoms with Crippen molar-refractivity contribution in [3.8, 4) is 5.75 Å². The fourth-order valence-corrected chi connectivity index (χ4v) is 2.60. The van der Waals surface area contributed by atoms with Crippen LogP contribution in [0, 0.1) is 0 Å². The van der Waals surface area contributed by atoms with Crippen LogP contribution < -0.4 is 4.74 Å². The third-order valence-corrected chi connectivity index (χ3v) is 3.99. The van der Waals surface area contributed by atoms with Crippen LogP contribution in [-0.4, -0.2) is 25.5 Å². The van der Waals surface area contributed by atoms with Crippen molar-refractivity contribution in [2.45, 2.75) is 58.3 Å². The predicted octanol–water partition coefficient (Wildman–Crippen LogP) is 3.70. The van der Waals surface area contributed by atoms with E-state index in [-0.39, 0.29) is 0 Å². The number of unbranched alkanes of at least 4 members (excludes halogenated alkanes) is 6. The Balaban J connectivity index is 2.40. The van der Waals surface area contributed by atoms with Gasteiger partial charge in [-0.3, -0.25) is 4.55 Å². The topological polar surface area (TPSA) is 89.9 Å². The van der Waals surface area contributed by atoms with E-state index in [0.29, 0.717) is 5.75 Å². The quantitative estimate of drug-likeness (QED) is 0.265. The highest BCUT2D eigenvalue weighted by Gasteiger charge is 2.13. The summed E-state index contributed by atoms with van der Waals surface area (Å²) in [5.41, 5.74) is 0.895. The second-order valence-electron chi connectivity index (χ2n) is 5.64.